The van der Waals surface area contributed by atoms with Gasteiger partial charge in [-0.15, -0.1) is 5.10 Å². The second-order valence-electron chi connectivity index (χ2n) is 7.18. The molecule has 1 aliphatic rings. The SMILES string of the molecule is CC.CC(C)=Nc1ccc(-c2ccn3nc(NCC4CCC4)ncc23)nc1C. The number of hydrogen-bond acceptors (Lipinski definition) is 5. The Morgan fingerprint density at radius 3 is 2.64 bits per heavy atom. The van der Waals surface area contributed by atoms with Gasteiger partial charge in [0.15, 0.2) is 0 Å². The Kier molecular flexibility index (Phi) is 6.39. The van der Waals surface area contributed by atoms with E-state index in [4.69, 9.17) is 4.98 Å². The number of rotatable bonds is 5. The lowest BCUT2D eigenvalue weighted by Gasteiger charge is -2.25. The number of fused-ring (bicyclic) bond motifs is 1. The maximum atomic E-state index is 4.73. The Morgan fingerprint density at radius 1 is 1.21 bits per heavy atom. The van der Waals surface area contributed by atoms with E-state index < -0.39 is 0 Å². The van der Waals surface area contributed by atoms with Gasteiger partial charge in [-0.05, 0) is 57.7 Å². The fraction of sp³-hybridized carbons (Fsp3) is 0.455. The van der Waals surface area contributed by atoms with Crippen LogP contribution >= 0.6 is 0 Å². The summed E-state index contributed by atoms with van der Waals surface area (Å²) in [6.07, 6.45) is 7.80. The van der Waals surface area contributed by atoms with E-state index in [0.29, 0.717) is 5.95 Å². The zero-order valence-corrected chi connectivity index (χ0v) is 17.5. The van der Waals surface area contributed by atoms with Crippen LogP contribution < -0.4 is 5.32 Å². The Morgan fingerprint density at radius 2 is 2.00 bits per heavy atom. The summed E-state index contributed by atoms with van der Waals surface area (Å²) >= 11 is 0. The monoisotopic (exact) mass is 378 g/mol. The summed E-state index contributed by atoms with van der Waals surface area (Å²) in [4.78, 5) is 13.7. The minimum atomic E-state index is 0.679. The Bertz CT molecular complexity index is 964. The lowest BCUT2D eigenvalue weighted by atomic mass is 9.85. The minimum absolute atomic E-state index is 0.679. The van der Waals surface area contributed by atoms with Gasteiger partial charge < -0.3 is 5.32 Å². The van der Waals surface area contributed by atoms with E-state index in [-0.39, 0.29) is 0 Å². The van der Waals surface area contributed by atoms with Gasteiger partial charge in [0, 0.05) is 24.0 Å². The van der Waals surface area contributed by atoms with Crippen LogP contribution in [0.4, 0.5) is 11.6 Å². The van der Waals surface area contributed by atoms with Crippen LogP contribution in [-0.2, 0) is 0 Å². The van der Waals surface area contributed by atoms with Gasteiger partial charge in [-0.1, -0.05) is 20.3 Å². The van der Waals surface area contributed by atoms with Gasteiger partial charge in [0.2, 0.25) is 5.95 Å². The number of aromatic nitrogens is 4. The summed E-state index contributed by atoms with van der Waals surface area (Å²) < 4.78 is 1.87. The lowest BCUT2D eigenvalue weighted by Crippen LogP contribution is -2.22. The van der Waals surface area contributed by atoms with Gasteiger partial charge >= 0.3 is 0 Å². The van der Waals surface area contributed by atoms with Crippen LogP contribution in [0.1, 0.15) is 52.7 Å². The minimum Gasteiger partial charge on any atom is -0.353 e. The average Bonchev–Trinajstić information content (AvgIpc) is 3.07. The van der Waals surface area contributed by atoms with E-state index >= 15 is 0 Å². The Labute approximate surface area is 167 Å². The fourth-order valence-electron chi connectivity index (χ4n) is 3.19. The molecule has 0 aromatic carbocycles. The molecule has 4 rings (SSSR count). The van der Waals surface area contributed by atoms with E-state index in [1.54, 1.807) is 0 Å². The van der Waals surface area contributed by atoms with Crippen molar-refractivity contribution in [2.24, 2.45) is 10.9 Å². The van der Waals surface area contributed by atoms with Gasteiger partial charge in [-0.3, -0.25) is 9.98 Å². The third kappa shape index (κ3) is 4.38. The van der Waals surface area contributed by atoms with Crippen LogP contribution in [0.3, 0.4) is 0 Å². The number of nitrogens with one attached hydrogen (secondary N) is 1. The second-order valence-corrected chi connectivity index (χ2v) is 7.18. The van der Waals surface area contributed by atoms with Crippen molar-refractivity contribution in [3.63, 3.8) is 0 Å². The molecule has 1 fully saturated rings. The largest absolute Gasteiger partial charge is 0.353 e. The van der Waals surface area contributed by atoms with Crippen molar-refractivity contribution in [1.82, 2.24) is 19.6 Å². The quantitative estimate of drug-likeness (QED) is 0.599. The van der Waals surface area contributed by atoms with Gasteiger partial charge in [-0.2, -0.15) is 0 Å². The van der Waals surface area contributed by atoms with Crippen LogP contribution in [0, 0.1) is 12.8 Å². The van der Waals surface area contributed by atoms with E-state index in [1.165, 1.54) is 19.3 Å². The third-order valence-corrected chi connectivity index (χ3v) is 4.87. The maximum absolute atomic E-state index is 4.73. The molecule has 3 aromatic heterocycles. The smallest absolute Gasteiger partial charge is 0.241 e. The fourth-order valence-corrected chi connectivity index (χ4v) is 3.19. The molecule has 0 unspecified atom stereocenters. The summed E-state index contributed by atoms with van der Waals surface area (Å²) in [6.45, 7) is 10.9. The molecule has 0 aliphatic heterocycles. The number of nitrogens with zero attached hydrogens (tertiary/aromatic N) is 5. The molecule has 0 saturated heterocycles. The number of hydrogen-bond donors (Lipinski definition) is 1. The van der Waals surface area contributed by atoms with E-state index in [1.807, 2.05) is 69.7 Å². The highest BCUT2D eigenvalue weighted by molar-refractivity contribution is 5.83. The molecule has 6 nitrogen and oxygen atoms in total. The van der Waals surface area contributed by atoms with Crippen LogP contribution in [-0.4, -0.2) is 31.8 Å². The first-order chi connectivity index (χ1) is 13.6. The van der Waals surface area contributed by atoms with Crippen molar-refractivity contribution < 1.29 is 0 Å². The molecule has 0 radical (unpaired) electrons. The summed E-state index contributed by atoms with van der Waals surface area (Å²) in [6, 6.07) is 6.06. The van der Waals surface area contributed by atoms with Gasteiger partial charge in [0.25, 0.3) is 0 Å². The molecule has 3 heterocycles. The highest BCUT2D eigenvalue weighted by Crippen LogP contribution is 2.28. The predicted molar refractivity (Wildman–Crippen MR) is 117 cm³/mol. The van der Waals surface area contributed by atoms with E-state index in [0.717, 1.165) is 46.3 Å². The highest BCUT2D eigenvalue weighted by atomic mass is 15.3. The Balaban J connectivity index is 0.00000109. The van der Waals surface area contributed by atoms with Crippen LogP contribution in [0.2, 0.25) is 0 Å². The maximum Gasteiger partial charge on any atom is 0.241 e. The Hall–Kier alpha value is -2.76. The molecule has 6 heteroatoms. The van der Waals surface area contributed by atoms with Crippen LogP contribution in [0.15, 0.2) is 35.6 Å². The first kappa shape index (κ1) is 20.0. The van der Waals surface area contributed by atoms with E-state index in [9.17, 15) is 0 Å². The second kappa shape index (κ2) is 8.95. The predicted octanol–water partition coefficient (Wildman–Crippen LogP) is 5.45. The van der Waals surface area contributed by atoms with Crippen molar-refractivity contribution in [1.29, 1.82) is 0 Å². The summed E-state index contributed by atoms with van der Waals surface area (Å²) in [5, 5.41) is 7.92. The zero-order valence-electron chi connectivity index (χ0n) is 17.5. The summed E-state index contributed by atoms with van der Waals surface area (Å²) in [7, 11) is 0. The topological polar surface area (TPSA) is 67.5 Å². The standard InChI is InChI=1S/C20H24N6.C2H6/c1-13(2)23-17-7-8-18(24-14(17)3)16-9-10-26-19(16)12-22-20(25-26)21-11-15-5-4-6-15;1-2/h7-10,12,15H,4-6,11H2,1-3H3,(H,21,25);1-2H3. The zero-order chi connectivity index (χ0) is 20.1. The number of aliphatic imine (C=N–C) groups is 1. The number of anilines is 1. The first-order valence-electron chi connectivity index (χ1n) is 10.2. The van der Waals surface area contributed by atoms with Crippen molar-refractivity contribution in [2.75, 3.05) is 11.9 Å². The normalized spacial score (nSPS) is 13.5. The van der Waals surface area contributed by atoms with E-state index in [2.05, 4.69) is 20.4 Å². The molecule has 0 bridgehead atoms. The molecule has 1 N–H and O–H groups in total. The van der Waals surface area contributed by atoms with Gasteiger partial charge in [0.1, 0.15) is 0 Å². The van der Waals surface area contributed by atoms with Gasteiger partial charge in [0.05, 0.1) is 28.8 Å². The summed E-state index contributed by atoms with van der Waals surface area (Å²) in [5.41, 5.74) is 5.75. The molecule has 0 atom stereocenters. The van der Waals surface area contributed by atoms with Gasteiger partial charge in [-0.25, -0.2) is 9.50 Å². The number of pyridine rings is 1. The molecule has 148 valence electrons. The molecule has 28 heavy (non-hydrogen) atoms. The average molecular weight is 379 g/mol. The lowest BCUT2D eigenvalue weighted by molar-refractivity contribution is 0.333. The number of aryl methyl sites for hydroxylation is 1. The molecule has 0 spiro atoms. The highest BCUT2D eigenvalue weighted by Gasteiger charge is 2.17. The molecule has 1 saturated carbocycles. The first-order valence-corrected chi connectivity index (χ1v) is 10.2. The molecule has 1 aliphatic carbocycles. The molecule has 3 aromatic rings. The third-order valence-electron chi connectivity index (χ3n) is 4.87. The van der Waals surface area contributed by atoms with Crippen molar-refractivity contribution in [3.8, 4) is 11.3 Å². The van der Waals surface area contributed by atoms with Crippen molar-refractivity contribution in [3.05, 3.63) is 36.3 Å². The molecular formula is C22H30N6. The van der Waals surface area contributed by atoms with Crippen LogP contribution in [0.5, 0.6) is 0 Å². The molecule has 0 amide bonds. The summed E-state index contributed by atoms with van der Waals surface area (Å²) in [5.74, 6) is 1.45. The van der Waals surface area contributed by atoms with Crippen molar-refractivity contribution in [2.45, 2.75) is 53.9 Å². The van der Waals surface area contributed by atoms with Crippen LogP contribution in [0.25, 0.3) is 16.8 Å². The molecular weight excluding hydrogens is 348 g/mol. The van der Waals surface area contributed by atoms with Crippen molar-refractivity contribution >= 4 is 22.9 Å².